The monoisotopic (exact) mass is 290 g/mol. The molecule has 0 radical (unpaired) electrons. The summed E-state index contributed by atoms with van der Waals surface area (Å²) >= 11 is 0. The Labute approximate surface area is 127 Å². The maximum absolute atomic E-state index is 11.2. The number of carbonyl (C=O) groups is 1. The van der Waals surface area contributed by atoms with E-state index in [1.807, 2.05) is 6.92 Å². The molecule has 21 heavy (non-hydrogen) atoms. The van der Waals surface area contributed by atoms with Crippen molar-refractivity contribution >= 4 is 5.97 Å². The Kier molecular flexibility index (Phi) is 6.58. The summed E-state index contributed by atoms with van der Waals surface area (Å²) in [6, 6.07) is 8.36. The first-order chi connectivity index (χ1) is 10.3. The molecular formula is C18H26O3. The van der Waals surface area contributed by atoms with Gasteiger partial charge in [-0.1, -0.05) is 18.6 Å². The van der Waals surface area contributed by atoms with Crippen LogP contribution in [0.1, 0.15) is 51.0 Å². The molecule has 1 aromatic carbocycles. The molecule has 0 saturated heterocycles. The van der Waals surface area contributed by atoms with Crippen molar-refractivity contribution in [2.45, 2.75) is 51.9 Å². The Bertz CT molecular complexity index is 421. The van der Waals surface area contributed by atoms with Gasteiger partial charge in [-0.15, -0.1) is 0 Å². The average molecular weight is 290 g/mol. The minimum Gasteiger partial charge on any atom is -0.493 e. The second kappa shape index (κ2) is 8.71. The van der Waals surface area contributed by atoms with Crippen LogP contribution in [0.15, 0.2) is 24.3 Å². The molecule has 0 unspecified atom stereocenters. The summed E-state index contributed by atoms with van der Waals surface area (Å²) in [6.45, 7) is 3.17. The van der Waals surface area contributed by atoms with Gasteiger partial charge in [-0.2, -0.15) is 0 Å². The zero-order valence-electron chi connectivity index (χ0n) is 13.0. The molecule has 1 aliphatic carbocycles. The Morgan fingerprint density at radius 1 is 1.19 bits per heavy atom. The molecular weight excluding hydrogens is 264 g/mol. The van der Waals surface area contributed by atoms with Crippen LogP contribution in [0.3, 0.4) is 0 Å². The van der Waals surface area contributed by atoms with E-state index in [0.717, 1.165) is 37.5 Å². The SMILES string of the molecule is CCOC(=O)CCCCc1ccc(OCC2CCC2)cc1. The molecule has 0 aliphatic heterocycles. The predicted octanol–water partition coefficient (Wildman–Crippen LogP) is 4.14. The first-order valence-electron chi connectivity index (χ1n) is 8.15. The first kappa shape index (κ1) is 15.9. The molecule has 1 saturated carbocycles. The summed E-state index contributed by atoms with van der Waals surface area (Å²) in [6.07, 6.45) is 7.43. The molecule has 0 heterocycles. The smallest absolute Gasteiger partial charge is 0.305 e. The molecule has 116 valence electrons. The van der Waals surface area contributed by atoms with Gasteiger partial charge in [0.05, 0.1) is 13.2 Å². The van der Waals surface area contributed by atoms with Crippen LogP contribution in [-0.4, -0.2) is 19.2 Å². The van der Waals surface area contributed by atoms with Crippen LogP contribution in [0.5, 0.6) is 5.75 Å². The highest BCUT2D eigenvalue weighted by atomic mass is 16.5. The van der Waals surface area contributed by atoms with Gasteiger partial charge in [0.1, 0.15) is 5.75 Å². The lowest BCUT2D eigenvalue weighted by Gasteiger charge is -2.25. The van der Waals surface area contributed by atoms with E-state index in [0.29, 0.717) is 13.0 Å². The van der Waals surface area contributed by atoms with Gasteiger partial charge in [0.15, 0.2) is 0 Å². The second-order valence-electron chi connectivity index (χ2n) is 5.76. The largest absolute Gasteiger partial charge is 0.493 e. The van der Waals surface area contributed by atoms with Gasteiger partial charge in [-0.3, -0.25) is 4.79 Å². The number of ether oxygens (including phenoxy) is 2. The Morgan fingerprint density at radius 3 is 2.57 bits per heavy atom. The maximum atomic E-state index is 11.2. The molecule has 3 nitrogen and oxygen atoms in total. The zero-order chi connectivity index (χ0) is 14.9. The summed E-state index contributed by atoms with van der Waals surface area (Å²) in [5.74, 6) is 1.65. The third-order valence-corrected chi connectivity index (χ3v) is 4.04. The van der Waals surface area contributed by atoms with Crippen molar-refractivity contribution in [2.75, 3.05) is 13.2 Å². The summed E-state index contributed by atoms with van der Waals surface area (Å²) in [7, 11) is 0. The highest BCUT2D eigenvalue weighted by molar-refractivity contribution is 5.69. The average Bonchev–Trinajstić information content (AvgIpc) is 2.44. The van der Waals surface area contributed by atoms with Gasteiger partial charge in [-0.25, -0.2) is 0 Å². The molecule has 0 aromatic heterocycles. The van der Waals surface area contributed by atoms with E-state index in [4.69, 9.17) is 9.47 Å². The molecule has 0 amide bonds. The topological polar surface area (TPSA) is 35.5 Å². The molecule has 0 bridgehead atoms. The number of hydrogen-bond donors (Lipinski definition) is 0. The lowest BCUT2D eigenvalue weighted by atomic mass is 9.86. The van der Waals surface area contributed by atoms with Crippen molar-refractivity contribution in [1.82, 2.24) is 0 Å². The van der Waals surface area contributed by atoms with Crippen LogP contribution in [0.2, 0.25) is 0 Å². The molecule has 0 atom stereocenters. The van der Waals surface area contributed by atoms with Crippen LogP contribution < -0.4 is 4.74 Å². The van der Waals surface area contributed by atoms with Crippen LogP contribution in [0, 0.1) is 5.92 Å². The van der Waals surface area contributed by atoms with Gasteiger partial charge in [0.25, 0.3) is 0 Å². The zero-order valence-corrected chi connectivity index (χ0v) is 13.0. The maximum Gasteiger partial charge on any atom is 0.305 e. The molecule has 1 aromatic rings. The van der Waals surface area contributed by atoms with E-state index in [2.05, 4.69) is 24.3 Å². The third-order valence-electron chi connectivity index (χ3n) is 4.04. The number of aryl methyl sites for hydroxylation is 1. The lowest BCUT2D eigenvalue weighted by Crippen LogP contribution is -2.19. The number of benzene rings is 1. The van der Waals surface area contributed by atoms with Gasteiger partial charge in [0.2, 0.25) is 0 Å². The molecule has 1 fully saturated rings. The number of carbonyl (C=O) groups excluding carboxylic acids is 1. The summed E-state index contributed by atoms with van der Waals surface area (Å²) in [5, 5.41) is 0. The predicted molar refractivity (Wildman–Crippen MR) is 83.5 cm³/mol. The molecule has 2 rings (SSSR count). The van der Waals surface area contributed by atoms with Gasteiger partial charge < -0.3 is 9.47 Å². The van der Waals surface area contributed by atoms with Crippen LogP contribution in [0.25, 0.3) is 0 Å². The standard InChI is InChI=1S/C18H26O3/c1-2-20-18(19)9-4-3-6-15-10-12-17(13-11-15)21-14-16-7-5-8-16/h10-13,16H,2-9,14H2,1H3. The van der Waals surface area contributed by atoms with Crippen molar-refractivity contribution in [1.29, 1.82) is 0 Å². The van der Waals surface area contributed by atoms with Crippen LogP contribution in [0.4, 0.5) is 0 Å². The summed E-state index contributed by atoms with van der Waals surface area (Å²) < 4.78 is 10.7. The number of unbranched alkanes of at least 4 members (excludes halogenated alkanes) is 1. The summed E-state index contributed by atoms with van der Waals surface area (Å²) in [5.41, 5.74) is 1.30. The van der Waals surface area contributed by atoms with E-state index >= 15 is 0 Å². The van der Waals surface area contributed by atoms with Crippen molar-refractivity contribution in [3.63, 3.8) is 0 Å². The molecule has 3 heteroatoms. The van der Waals surface area contributed by atoms with Crippen molar-refractivity contribution in [3.8, 4) is 5.75 Å². The highest BCUT2D eigenvalue weighted by Crippen LogP contribution is 2.27. The van der Waals surface area contributed by atoms with Gasteiger partial charge >= 0.3 is 5.97 Å². The minimum atomic E-state index is -0.0859. The van der Waals surface area contributed by atoms with Crippen LogP contribution >= 0.6 is 0 Å². The second-order valence-corrected chi connectivity index (χ2v) is 5.76. The quantitative estimate of drug-likeness (QED) is 0.506. The van der Waals surface area contributed by atoms with Crippen molar-refractivity contribution < 1.29 is 14.3 Å². The van der Waals surface area contributed by atoms with E-state index in [1.54, 1.807) is 0 Å². The van der Waals surface area contributed by atoms with E-state index in [-0.39, 0.29) is 5.97 Å². The Hall–Kier alpha value is -1.51. The fourth-order valence-corrected chi connectivity index (χ4v) is 2.46. The Balaban J connectivity index is 1.61. The third kappa shape index (κ3) is 5.78. The van der Waals surface area contributed by atoms with Crippen molar-refractivity contribution in [2.24, 2.45) is 5.92 Å². The first-order valence-corrected chi connectivity index (χ1v) is 8.15. The number of hydrogen-bond acceptors (Lipinski definition) is 3. The fourth-order valence-electron chi connectivity index (χ4n) is 2.46. The van der Waals surface area contributed by atoms with Crippen LogP contribution in [-0.2, 0) is 16.0 Å². The molecule has 1 aliphatic rings. The van der Waals surface area contributed by atoms with Gasteiger partial charge in [0, 0.05) is 6.42 Å². The summed E-state index contributed by atoms with van der Waals surface area (Å²) in [4.78, 5) is 11.2. The molecule has 0 N–H and O–H groups in total. The van der Waals surface area contributed by atoms with E-state index < -0.39 is 0 Å². The van der Waals surface area contributed by atoms with Gasteiger partial charge in [-0.05, 0) is 62.6 Å². The van der Waals surface area contributed by atoms with E-state index in [1.165, 1.54) is 24.8 Å². The minimum absolute atomic E-state index is 0.0859. The molecule has 0 spiro atoms. The Morgan fingerprint density at radius 2 is 1.95 bits per heavy atom. The number of rotatable bonds is 9. The fraction of sp³-hybridized carbons (Fsp3) is 0.611. The number of esters is 1. The highest BCUT2D eigenvalue weighted by Gasteiger charge is 2.17. The van der Waals surface area contributed by atoms with E-state index in [9.17, 15) is 4.79 Å². The normalized spacial score (nSPS) is 14.5. The lowest BCUT2D eigenvalue weighted by molar-refractivity contribution is -0.143. The van der Waals surface area contributed by atoms with Crippen molar-refractivity contribution in [3.05, 3.63) is 29.8 Å².